The molecular formula is C21H28N2O5S. The molecule has 0 aliphatic carbocycles. The predicted molar refractivity (Wildman–Crippen MR) is 112 cm³/mol. The number of nitrogens with zero attached hydrogens (tertiary/aromatic N) is 1. The molecule has 0 aliphatic rings. The molecule has 1 amide bonds. The molecular weight excluding hydrogens is 392 g/mol. The van der Waals surface area contributed by atoms with Crippen molar-refractivity contribution < 1.29 is 22.7 Å². The number of sulfonamides is 1. The largest absolute Gasteiger partial charge is 0.497 e. The fraction of sp³-hybridized carbons (Fsp3) is 0.381. The van der Waals surface area contributed by atoms with Gasteiger partial charge in [0.25, 0.3) is 0 Å². The third kappa shape index (κ3) is 5.48. The third-order valence-corrected chi connectivity index (χ3v) is 6.54. The number of benzene rings is 2. The molecule has 0 aliphatic heterocycles. The number of rotatable bonds is 9. The Morgan fingerprint density at radius 3 is 2.31 bits per heavy atom. The zero-order valence-corrected chi connectivity index (χ0v) is 18.2. The van der Waals surface area contributed by atoms with Gasteiger partial charge in [-0.15, -0.1) is 0 Å². The Morgan fingerprint density at radius 1 is 1.10 bits per heavy atom. The van der Waals surface area contributed by atoms with Crippen LogP contribution >= 0.6 is 0 Å². The maximum atomic E-state index is 13.1. The van der Waals surface area contributed by atoms with Crippen LogP contribution < -0.4 is 14.8 Å². The van der Waals surface area contributed by atoms with Gasteiger partial charge in [0.15, 0.2) is 0 Å². The highest BCUT2D eigenvalue weighted by Gasteiger charge is 2.28. The molecule has 2 rings (SSSR count). The highest BCUT2D eigenvalue weighted by molar-refractivity contribution is 7.89. The second-order valence-corrected chi connectivity index (χ2v) is 8.55. The van der Waals surface area contributed by atoms with Crippen LogP contribution in [-0.4, -0.2) is 45.9 Å². The molecule has 0 bridgehead atoms. The van der Waals surface area contributed by atoms with E-state index in [0.29, 0.717) is 0 Å². The van der Waals surface area contributed by atoms with Gasteiger partial charge < -0.3 is 14.8 Å². The highest BCUT2D eigenvalue weighted by Crippen LogP contribution is 2.27. The molecule has 0 aromatic heterocycles. The Hall–Kier alpha value is -2.58. The lowest BCUT2D eigenvalue weighted by molar-refractivity contribution is -0.121. The van der Waals surface area contributed by atoms with Crippen molar-refractivity contribution in [1.82, 2.24) is 9.62 Å². The summed E-state index contributed by atoms with van der Waals surface area (Å²) in [5, 5.41) is 2.84. The van der Waals surface area contributed by atoms with Gasteiger partial charge in [0.05, 0.1) is 26.8 Å². The summed E-state index contributed by atoms with van der Waals surface area (Å²) in [4.78, 5) is 12.6. The molecule has 7 nitrogen and oxygen atoms in total. The van der Waals surface area contributed by atoms with Gasteiger partial charge in [0, 0.05) is 6.54 Å². The molecule has 2 aromatic rings. The van der Waals surface area contributed by atoms with Gasteiger partial charge in [-0.25, -0.2) is 8.42 Å². The van der Waals surface area contributed by atoms with Crippen LogP contribution in [0.2, 0.25) is 0 Å². The molecule has 0 spiro atoms. The molecule has 1 atom stereocenters. The van der Waals surface area contributed by atoms with Crippen molar-refractivity contribution >= 4 is 15.9 Å². The number of carbonyl (C=O) groups is 1. The number of ether oxygens (including phenoxy) is 2. The minimum atomic E-state index is -3.89. The summed E-state index contributed by atoms with van der Waals surface area (Å²) in [5.74, 6) is 0.592. The van der Waals surface area contributed by atoms with Crippen molar-refractivity contribution in [2.45, 2.75) is 31.7 Å². The van der Waals surface area contributed by atoms with Crippen LogP contribution in [0, 0.1) is 6.92 Å². The molecule has 0 fully saturated rings. The first-order valence-corrected chi connectivity index (χ1v) is 10.7. The smallest absolute Gasteiger partial charge is 0.247 e. The quantitative estimate of drug-likeness (QED) is 0.674. The van der Waals surface area contributed by atoms with Gasteiger partial charge in [-0.1, -0.05) is 25.1 Å². The number of methoxy groups -OCH3 is 2. The van der Waals surface area contributed by atoms with Gasteiger partial charge in [-0.2, -0.15) is 4.31 Å². The van der Waals surface area contributed by atoms with E-state index in [2.05, 4.69) is 5.32 Å². The minimum absolute atomic E-state index is 0.0536. The number of aryl methyl sites for hydroxylation is 1. The summed E-state index contributed by atoms with van der Waals surface area (Å²) in [5.41, 5.74) is 1.68. The SMILES string of the molecule is CCN(CC(=O)NC(C)c1ccc(OC)cc1)S(=O)(=O)c1cc(C)ccc1OC. The van der Waals surface area contributed by atoms with Crippen molar-refractivity contribution in [3.63, 3.8) is 0 Å². The predicted octanol–water partition coefficient (Wildman–Crippen LogP) is 2.90. The van der Waals surface area contributed by atoms with E-state index in [0.717, 1.165) is 21.2 Å². The monoisotopic (exact) mass is 420 g/mol. The van der Waals surface area contributed by atoms with Crippen LogP contribution in [-0.2, 0) is 14.8 Å². The van der Waals surface area contributed by atoms with E-state index >= 15 is 0 Å². The first-order valence-electron chi connectivity index (χ1n) is 9.31. The third-order valence-electron chi connectivity index (χ3n) is 4.60. The fourth-order valence-electron chi connectivity index (χ4n) is 2.91. The summed E-state index contributed by atoms with van der Waals surface area (Å²) >= 11 is 0. The van der Waals surface area contributed by atoms with Crippen molar-refractivity contribution in [3.8, 4) is 11.5 Å². The number of hydrogen-bond acceptors (Lipinski definition) is 5. The molecule has 0 radical (unpaired) electrons. The molecule has 0 heterocycles. The van der Waals surface area contributed by atoms with Gasteiger partial charge >= 0.3 is 0 Å². The number of hydrogen-bond donors (Lipinski definition) is 1. The average molecular weight is 421 g/mol. The van der Waals surface area contributed by atoms with Crippen LogP contribution in [0.3, 0.4) is 0 Å². The van der Waals surface area contributed by atoms with Crippen LogP contribution in [0.4, 0.5) is 0 Å². The Morgan fingerprint density at radius 2 is 1.76 bits per heavy atom. The van der Waals surface area contributed by atoms with Crippen LogP contribution in [0.15, 0.2) is 47.4 Å². The van der Waals surface area contributed by atoms with E-state index in [-0.39, 0.29) is 35.7 Å². The van der Waals surface area contributed by atoms with Gasteiger partial charge in [0.2, 0.25) is 15.9 Å². The lowest BCUT2D eigenvalue weighted by atomic mass is 10.1. The summed E-state index contributed by atoms with van der Waals surface area (Å²) < 4.78 is 37.7. The summed E-state index contributed by atoms with van der Waals surface area (Å²) in [6, 6.07) is 12.0. The number of carbonyl (C=O) groups excluding carboxylic acids is 1. The number of nitrogens with one attached hydrogen (secondary N) is 1. The molecule has 1 unspecified atom stereocenters. The molecule has 158 valence electrons. The molecule has 1 N–H and O–H groups in total. The molecule has 29 heavy (non-hydrogen) atoms. The van der Waals surface area contributed by atoms with E-state index in [1.54, 1.807) is 39.2 Å². The Kier molecular flexibility index (Phi) is 7.64. The standard InChI is InChI=1S/C21H28N2O5S/c1-6-23(29(25,26)20-13-15(2)7-12-19(20)28-5)14-21(24)22-16(3)17-8-10-18(27-4)11-9-17/h7-13,16H,6,14H2,1-5H3,(H,22,24). The first-order chi connectivity index (χ1) is 13.7. The van der Waals surface area contributed by atoms with Crippen molar-refractivity contribution in [2.75, 3.05) is 27.3 Å². The normalized spacial score (nSPS) is 12.5. The minimum Gasteiger partial charge on any atom is -0.497 e. The van der Waals surface area contributed by atoms with Gasteiger partial charge in [-0.3, -0.25) is 4.79 Å². The lowest BCUT2D eigenvalue weighted by Crippen LogP contribution is -2.41. The average Bonchev–Trinajstić information content (AvgIpc) is 2.71. The first kappa shape index (κ1) is 22.7. The number of likely N-dealkylation sites (N-methyl/N-ethyl adjacent to an activating group) is 1. The Bertz CT molecular complexity index is 942. The summed E-state index contributed by atoms with van der Waals surface area (Å²) in [6.45, 7) is 5.21. The zero-order chi connectivity index (χ0) is 21.6. The Balaban J connectivity index is 2.15. The van der Waals surface area contributed by atoms with Gasteiger partial charge in [-0.05, 0) is 49.2 Å². The van der Waals surface area contributed by atoms with E-state index in [9.17, 15) is 13.2 Å². The van der Waals surface area contributed by atoms with E-state index in [4.69, 9.17) is 9.47 Å². The van der Waals surface area contributed by atoms with E-state index < -0.39 is 10.0 Å². The second kappa shape index (κ2) is 9.76. The Labute approximate surface area is 172 Å². The zero-order valence-electron chi connectivity index (χ0n) is 17.4. The van der Waals surface area contributed by atoms with Gasteiger partial charge in [0.1, 0.15) is 16.4 Å². The van der Waals surface area contributed by atoms with Crippen LogP contribution in [0.1, 0.15) is 31.0 Å². The van der Waals surface area contributed by atoms with Crippen molar-refractivity contribution in [1.29, 1.82) is 0 Å². The van der Waals surface area contributed by atoms with Crippen molar-refractivity contribution in [3.05, 3.63) is 53.6 Å². The summed E-state index contributed by atoms with van der Waals surface area (Å²) in [7, 11) is -0.884. The maximum absolute atomic E-state index is 13.1. The molecule has 0 saturated carbocycles. The van der Waals surface area contributed by atoms with Crippen LogP contribution in [0.5, 0.6) is 11.5 Å². The maximum Gasteiger partial charge on any atom is 0.247 e. The molecule has 2 aromatic carbocycles. The highest BCUT2D eigenvalue weighted by atomic mass is 32.2. The van der Waals surface area contributed by atoms with E-state index in [1.807, 2.05) is 31.2 Å². The fourth-order valence-corrected chi connectivity index (χ4v) is 4.56. The van der Waals surface area contributed by atoms with Crippen LogP contribution in [0.25, 0.3) is 0 Å². The topological polar surface area (TPSA) is 84.9 Å². The molecule has 8 heteroatoms. The number of amides is 1. The van der Waals surface area contributed by atoms with Crippen molar-refractivity contribution in [2.24, 2.45) is 0 Å². The molecule has 0 saturated heterocycles. The van der Waals surface area contributed by atoms with E-state index in [1.165, 1.54) is 7.11 Å². The summed E-state index contributed by atoms with van der Waals surface area (Å²) in [6.07, 6.45) is 0. The lowest BCUT2D eigenvalue weighted by Gasteiger charge is -2.23. The second-order valence-electron chi connectivity index (χ2n) is 6.65.